The quantitative estimate of drug-likeness (QED) is 0.268. The second-order valence-electron chi connectivity index (χ2n) is 4.87. The van der Waals surface area contributed by atoms with Gasteiger partial charge in [0.1, 0.15) is 18.3 Å². The Balaban J connectivity index is 1.67. The predicted octanol–water partition coefficient (Wildman–Crippen LogP) is 1.62. The van der Waals surface area contributed by atoms with Crippen LogP contribution in [0, 0.1) is 10.1 Å². The van der Waals surface area contributed by atoms with E-state index in [0.717, 1.165) is 0 Å². The van der Waals surface area contributed by atoms with Gasteiger partial charge in [-0.05, 0) is 12.1 Å². The Hall–Kier alpha value is -1.80. The van der Waals surface area contributed by atoms with Crippen LogP contribution in [0.4, 0.5) is 5.69 Å². The topological polar surface area (TPSA) is 99.0 Å². The highest BCUT2D eigenvalue weighted by Crippen LogP contribution is 2.39. The fourth-order valence-electron chi connectivity index (χ4n) is 2.31. The minimum Gasteiger partial charge on any atom is -0.456 e. The van der Waals surface area contributed by atoms with Crippen LogP contribution in [-0.4, -0.2) is 39.8 Å². The summed E-state index contributed by atoms with van der Waals surface area (Å²) >= 11 is 3.24. The van der Waals surface area contributed by atoms with Crippen LogP contribution in [0.2, 0.25) is 0 Å². The molecule has 1 aromatic carbocycles. The van der Waals surface area contributed by atoms with E-state index in [1.807, 2.05) is 0 Å². The van der Waals surface area contributed by atoms with Crippen molar-refractivity contribution >= 4 is 33.4 Å². The Labute approximate surface area is 127 Å². The number of epoxide rings is 1. The number of rotatable bonds is 3. The van der Waals surface area contributed by atoms with Crippen molar-refractivity contribution in [1.82, 2.24) is 0 Å². The zero-order chi connectivity index (χ0) is 15.1. The molecule has 1 unspecified atom stereocenters. The average molecular weight is 356 g/mol. The van der Waals surface area contributed by atoms with Crippen LogP contribution in [0.1, 0.15) is 16.8 Å². The predicted molar refractivity (Wildman–Crippen MR) is 73.3 cm³/mol. The molecule has 0 radical (unpaired) electrons. The van der Waals surface area contributed by atoms with Crippen LogP contribution < -0.4 is 0 Å². The van der Waals surface area contributed by atoms with E-state index < -0.39 is 23.1 Å². The minimum atomic E-state index is -0.585. The maximum atomic E-state index is 12.0. The second-order valence-corrected chi connectivity index (χ2v) is 5.98. The van der Waals surface area contributed by atoms with Crippen molar-refractivity contribution in [2.75, 3.05) is 0 Å². The van der Waals surface area contributed by atoms with Gasteiger partial charge in [0.15, 0.2) is 5.78 Å². The lowest BCUT2D eigenvalue weighted by molar-refractivity contribution is -0.384. The standard InChI is InChI=1S/C13H10BrNO6/c14-8-5-9(11-12(21-11)10(8)16)20-13(17)6-1-3-7(4-2-6)15(18)19/h1-4,8-9,11-12H,5H2/t8?,9-,11+,12-/m0/s1. The van der Waals surface area contributed by atoms with E-state index in [9.17, 15) is 19.7 Å². The van der Waals surface area contributed by atoms with Gasteiger partial charge >= 0.3 is 5.97 Å². The van der Waals surface area contributed by atoms with Gasteiger partial charge in [-0.3, -0.25) is 14.9 Å². The Morgan fingerprint density at radius 2 is 2.05 bits per heavy atom. The molecule has 0 N–H and O–H groups in total. The van der Waals surface area contributed by atoms with Crippen molar-refractivity contribution in [1.29, 1.82) is 0 Å². The molecule has 7 nitrogen and oxygen atoms in total. The number of benzene rings is 1. The highest BCUT2D eigenvalue weighted by atomic mass is 79.9. The number of alkyl halides is 1. The third kappa shape index (κ3) is 2.68. The van der Waals surface area contributed by atoms with E-state index in [4.69, 9.17) is 9.47 Å². The van der Waals surface area contributed by atoms with Crippen molar-refractivity contribution in [2.24, 2.45) is 0 Å². The first kappa shape index (κ1) is 14.2. The molecule has 1 saturated heterocycles. The number of nitrogens with zero attached hydrogens (tertiary/aromatic N) is 1. The number of Topliss-reactive ketones (excluding diaryl/α,β-unsaturated/α-hetero) is 1. The summed E-state index contributed by atoms with van der Waals surface area (Å²) in [4.78, 5) is 33.2. The second kappa shape index (κ2) is 5.19. The number of ketones is 1. The summed E-state index contributed by atoms with van der Waals surface area (Å²) in [5.74, 6) is -0.610. The molecule has 110 valence electrons. The molecule has 0 aromatic heterocycles. The highest BCUT2D eigenvalue weighted by Gasteiger charge is 2.57. The molecule has 3 rings (SSSR count). The SMILES string of the molecule is O=C(O[C@H]1CC(Br)C(=O)[C@@H]2O[C@H]12)c1ccc([N+](=O)[O-])cc1. The molecule has 21 heavy (non-hydrogen) atoms. The third-order valence-electron chi connectivity index (χ3n) is 3.49. The van der Waals surface area contributed by atoms with Crippen molar-refractivity contribution < 1.29 is 24.0 Å². The molecule has 1 heterocycles. The van der Waals surface area contributed by atoms with E-state index in [-0.39, 0.29) is 28.0 Å². The first-order valence-corrected chi connectivity index (χ1v) is 7.17. The molecule has 2 aliphatic rings. The van der Waals surface area contributed by atoms with Gasteiger partial charge in [-0.15, -0.1) is 0 Å². The number of esters is 1. The maximum Gasteiger partial charge on any atom is 0.338 e. The summed E-state index contributed by atoms with van der Waals surface area (Å²) in [7, 11) is 0. The number of carbonyl (C=O) groups excluding carboxylic acids is 2. The van der Waals surface area contributed by atoms with Gasteiger partial charge in [-0.2, -0.15) is 0 Å². The lowest BCUT2D eigenvalue weighted by Gasteiger charge is -2.21. The summed E-state index contributed by atoms with van der Waals surface area (Å²) < 4.78 is 10.5. The summed E-state index contributed by atoms with van der Waals surface area (Å²) in [5, 5.41) is 10.6. The lowest BCUT2D eigenvalue weighted by Crippen LogP contribution is -2.38. The van der Waals surface area contributed by atoms with Crippen molar-refractivity contribution in [3.63, 3.8) is 0 Å². The molecule has 1 saturated carbocycles. The molecule has 8 heteroatoms. The number of hydrogen-bond acceptors (Lipinski definition) is 6. The molecule has 1 aromatic rings. The van der Waals surface area contributed by atoms with Gasteiger partial charge in [0, 0.05) is 18.6 Å². The number of nitro benzene ring substituents is 1. The number of hydrogen-bond donors (Lipinski definition) is 0. The van der Waals surface area contributed by atoms with Gasteiger partial charge in [0.2, 0.25) is 0 Å². The first-order valence-electron chi connectivity index (χ1n) is 6.26. The Morgan fingerprint density at radius 1 is 1.38 bits per heavy atom. The first-order chi connectivity index (χ1) is 9.97. The van der Waals surface area contributed by atoms with Crippen LogP contribution in [0.25, 0.3) is 0 Å². The van der Waals surface area contributed by atoms with Crippen LogP contribution in [0.5, 0.6) is 0 Å². The number of carbonyl (C=O) groups is 2. The summed E-state index contributed by atoms with van der Waals surface area (Å²) in [6.07, 6.45) is -0.982. The Kier molecular flexibility index (Phi) is 3.50. The number of ether oxygens (including phenoxy) is 2. The smallest absolute Gasteiger partial charge is 0.338 e. The summed E-state index contributed by atoms with van der Waals surface area (Å²) in [6.45, 7) is 0. The fraction of sp³-hybridized carbons (Fsp3) is 0.385. The highest BCUT2D eigenvalue weighted by molar-refractivity contribution is 9.10. The molecular weight excluding hydrogens is 346 g/mol. The van der Waals surface area contributed by atoms with E-state index in [0.29, 0.717) is 6.42 Å². The summed E-state index contributed by atoms with van der Waals surface area (Å²) in [6, 6.07) is 5.16. The number of non-ortho nitro benzene ring substituents is 1. The molecule has 1 aliphatic heterocycles. The van der Waals surface area contributed by atoms with Gasteiger partial charge in [-0.25, -0.2) is 4.79 Å². The van der Waals surface area contributed by atoms with Crippen molar-refractivity contribution in [3.8, 4) is 0 Å². The van der Waals surface area contributed by atoms with Gasteiger partial charge in [0.05, 0.1) is 15.3 Å². The maximum absolute atomic E-state index is 12.0. The van der Waals surface area contributed by atoms with Gasteiger partial charge in [-0.1, -0.05) is 15.9 Å². The largest absolute Gasteiger partial charge is 0.456 e. The molecule has 0 bridgehead atoms. The van der Waals surface area contributed by atoms with Crippen molar-refractivity contribution in [3.05, 3.63) is 39.9 Å². The van der Waals surface area contributed by atoms with E-state index in [1.54, 1.807) is 0 Å². The lowest BCUT2D eigenvalue weighted by atomic mass is 9.96. The molecule has 1 aliphatic carbocycles. The fourth-order valence-corrected chi connectivity index (χ4v) is 2.94. The van der Waals surface area contributed by atoms with Crippen LogP contribution >= 0.6 is 15.9 Å². The molecule has 0 spiro atoms. The monoisotopic (exact) mass is 355 g/mol. The third-order valence-corrected chi connectivity index (χ3v) is 4.32. The average Bonchev–Trinajstić information content (AvgIpc) is 3.25. The van der Waals surface area contributed by atoms with Crippen molar-refractivity contribution in [2.45, 2.75) is 29.6 Å². The van der Waals surface area contributed by atoms with Crippen LogP contribution in [0.3, 0.4) is 0 Å². The van der Waals surface area contributed by atoms with Gasteiger partial charge < -0.3 is 9.47 Å². The molecule has 4 atom stereocenters. The molecular formula is C13H10BrNO6. The van der Waals surface area contributed by atoms with Gasteiger partial charge in [0.25, 0.3) is 5.69 Å². The Morgan fingerprint density at radius 3 is 2.67 bits per heavy atom. The van der Waals surface area contributed by atoms with E-state index in [2.05, 4.69) is 15.9 Å². The zero-order valence-corrected chi connectivity index (χ0v) is 12.2. The Bertz CT molecular complexity index is 612. The minimum absolute atomic E-state index is 0.0253. The zero-order valence-electron chi connectivity index (χ0n) is 10.6. The number of nitro groups is 1. The van der Waals surface area contributed by atoms with E-state index >= 15 is 0 Å². The van der Waals surface area contributed by atoms with Crippen LogP contribution in [0.15, 0.2) is 24.3 Å². The molecule has 0 amide bonds. The summed E-state index contributed by atoms with van der Waals surface area (Å²) in [5.41, 5.74) is 0.127. The van der Waals surface area contributed by atoms with E-state index in [1.165, 1.54) is 24.3 Å². The number of halogens is 1. The number of fused-ring (bicyclic) bond motifs is 1. The normalized spacial score (nSPS) is 30.4. The van der Waals surface area contributed by atoms with Crippen LogP contribution in [-0.2, 0) is 14.3 Å². The molecule has 2 fully saturated rings.